The van der Waals surface area contributed by atoms with Gasteiger partial charge in [-0.15, -0.1) is 0 Å². The number of carbonyl (C=O) groups excluding carboxylic acids is 2. The highest BCUT2D eigenvalue weighted by atomic mass is 16.5. The third kappa shape index (κ3) is 5.67. The van der Waals surface area contributed by atoms with Crippen LogP contribution in [0.4, 0.5) is 4.79 Å². The molecule has 35 heavy (non-hydrogen) atoms. The third-order valence-corrected chi connectivity index (χ3v) is 5.99. The number of rotatable bonds is 9. The van der Waals surface area contributed by atoms with Gasteiger partial charge in [0.25, 0.3) is 5.91 Å². The Labute approximate surface area is 202 Å². The van der Waals surface area contributed by atoms with Gasteiger partial charge >= 0.3 is 12.1 Å². The second kappa shape index (κ2) is 10.8. The van der Waals surface area contributed by atoms with Crippen molar-refractivity contribution in [3.8, 4) is 11.1 Å². The van der Waals surface area contributed by atoms with Gasteiger partial charge in [-0.2, -0.15) is 0 Å². The van der Waals surface area contributed by atoms with Crippen LogP contribution in [0, 0.1) is 0 Å². The Hall–Kier alpha value is -4.17. The predicted octanol–water partition coefficient (Wildman–Crippen LogP) is 3.29. The van der Waals surface area contributed by atoms with Crippen molar-refractivity contribution in [2.24, 2.45) is 0 Å². The molecule has 1 aliphatic carbocycles. The maximum absolute atomic E-state index is 12.3. The Bertz CT molecular complexity index is 1180. The molecule has 1 aliphatic rings. The van der Waals surface area contributed by atoms with Gasteiger partial charge in [0.2, 0.25) is 0 Å². The Kier molecular flexibility index (Phi) is 7.42. The molecule has 2 amide bonds. The van der Waals surface area contributed by atoms with Crippen molar-refractivity contribution in [2.45, 2.75) is 25.0 Å². The monoisotopic (exact) mass is 474 g/mol. The van der Waals surface area contributed by atoms with Crippen LogP contribution in [-0.4, -0.2) is 47.4 Å². The van der Waals surface area contributed by atoms with Crippen molar-refractivity contribution in [2.75, 3.05) is 13.2 Å². The zero-order chi connectivity index (χ0) is 24.8. The maximum Gasteiger partial charge on any atom is 0.407 e. The average Bonchev–Trinajstić information content (AvgIpc) is 3.20. The van der Waals surface area contributed by atoms with E-state index in [1.807, 2.05) is 24.3 Å². The molecule has 0 bridgehead atoms. The quantitative estimate of drug-likeness (QED) is 0.377. The number of aliphatic hydroxyl groups excluding tert-OH is 1. The molecule has 0 radical (unpaired) electrons. The Morgan fingerprint density at radius 2 is 1.46 bits per heavy atom. The minimum atomic E-state index is -1.51. The molecule has 180 valence electrons. The van der Waals surface area contributed by atoms with Gasteiger partial charge in [0.1, 0.15) is 6.61 Å². The number of amides is 2. The van der Waals surface area contributed by atoms with Crippen LogP contribution in [0.1, 0.15) is 39.4 Å². The SMILES string of the molecule is O=C(NCc1ccc(C(=O)NCCC(O)C(=O)O)cc1)OCC1c2ccccc2-c2ccccc21. The van der Waals surface area contributed by atoms with Crippen molar-refractivity contribution >= 4 is 18.0 Å². The first kappa shape index (κ1) is 24.0. The van der Waals surface area contributed by atoms with Crippen LogP contribution in [0.25, 0.3) is 11.1 Å². The zero-order valence-electron chi connectivity index (χ0n) is 18.9. The summed E-state index contributed by atoms with van der Waals surface area (Å²) in [7, 11) is 0. The van der Waals surface area contributed by atoms with Crippen LogP contribution in [0.2, 0.25) is 0 Å². The second-order valence-corrected chi connectivity index (χ2v) is 8.27. The Morgan fingerprint density at radius 1 is 0.857 bits per heavy atom. The van der Waals surface area contributed by atoms with E-state index in [-0.39, 0.29) is 37.9 Å². The summed E-state index contributed by atoms with van der Waals surface area (Å²) in [5.74, 6) is -1.71. The first-order valence-corrected chi connectivity index (χ1v) is 11.3. The van der Waals surface area contributed by atoms with E-state index in [0.717, 1.165) is 16.7 Å². The van der Waals surface area contributed by atoms with Crippen LogP contribution in [0.15, 0.2) is 72.8 Å². The molecule has 4 rings (SSSR count). The first-order valence-electron chi connectivity index (χ1n) is 11.3. The highest BCUT2D eigenvalue weighted by Crippen LogP contribution is 2.44. The molecule has 0 aliphatic heterocycles. The maximum atomic E-state index is 12.3. The fourth-order valence-corrected chi connectivity index (χ4v) is 4.15. The largest absolute Gasteiger partial charge is 0.479 e. The molecule has 0 saturated carbocycles. The first-order chi connectivity index (χ1) is 16.9. The van der Waals surface area contributed by atoms with Crippen LogP contribution < -0.4 is 10.6 Å². The van der Waals surface area contributed by atoms with Gasteiger partial charge in [0.05, 0.1) is 0 Å². The Morgan fingerprint density at radius 3 is 2.06 bits per heavy atom. The summed E-state index contributed by atoms with van der Waals surface area (Å²) < 4.78 is 5.53. The van der Waals surface area contributed by atoms with Gasteiger partial charge in [-0.05, 0) is 39.9 Å². The Balaban J connectivity index is 1.25. The van der Waals surface area contributed by atoms with E-state index in [1.165, 1.54) is 11.1 Å². The standard InChI is InChI=1S/C27H26N2O6/c30-24(26(32)33)13-14-28-25(31)18-11-9-17(10-12-18)15-29-27(34)35-16-23-21-7-3-1-5-19(21)20-6-2-4-8-22(20)23/h1-12,23-24,30H,13-16H2,(H,28,31)(H,29,34)(H,32,33). The summed E-state index contributed by atoms with van der Waals surface area (Å²) in [5.41, 5.74) is 5.80. The van der Waals surface area contributed by atoms with Crippen LogP contribution in [0.3, 0.4) is 0 Å². The molecular formula is C27H26N2O6. The number of carboxylic acid groups (broad SMARTS) is 1. The third-order valence-electron chi connectivity index (χ3n) is 5.99. The second-order valence-electron chi connectivity index (χ2n) is 8.27. The van der Waals surface area contributed by atoms with Crippen molar-refractivity contribution < 1.29 is 29.3 Å². The summed E-state index contributed by atoms with van der Waals surface area (Å²) in [4.78, 5) is 35.1. The van der Waals surface area contributed by atoms with E-state index < -0.39 is 18.2 Å². The van der Waals surface area contributed by atoms with Crippen LogP contribution in [-0.2, 0) is 16.1 Å². The molecule has 8 heteroatoms. The smallest absolute Gasteiger partial charge is 0.407 e. The number of aliphatic carboxylic acids is 1. The fraction of sp³-hybridized carbons (Fsp3) is 0.222. The molecule has 0 heterocycles. The van der Waals surface area contributed by atoms with Crippen LogP contribution in [0.5, 0.6) is 0 Å². The average molecular weight is 475 g/mol. The molecule has 0 spiro atoms. The van der Waals surface area contributed by atoms with E-state index in [0.29, 0.717) is 5.56 Å². The van der Waals surface area contributed by atoms with Gasteiger partial charge in [0, 0.05) is 31.0 Å². The summed E-state index contributed by atoms with van der Waals surface area (Å²) in [6, 6.07) is 22.9. The van der Waals surface area contributed by atoms with Crippen LogP contribution >= 0.6 is 0 Å². The predicted molar refractivity (Wildman–Crippen MR) is 129 cm³/mol. The van der Waals surface area contributed by atoms with Gasteiger partial charge in [-0.1, -0.05) is 60.7 Å². The number of hydrogen-bond acceptors (Lipinski definition) is 5. The molecule has 1 atom stereocenters. The normalized spacial score (nSPS) is 12.8. The van der Waals surface area contributed by atoms with E-state index in [4.69, 9.17) is 9.84 Å². The van der Waals surface area contributed by atoms with Crippen molar-refractivity contribution in [3.05, 3.63) is 95.1 Å². The van der Waals surface area contributed by atoms with Crippen molar-refractivity contribution in [1.29, 1.82) is 0 Å². The minimum Gasteiger partial charge on any atom is -0.479 e. The summed E-state index contributed by atoms with van der Waals surface area (Å²) in [6.45, 7) is 0.510. The van der Waals surface area contributed by atoms with Crippen molar-refractivity contribution in [1.82, 2.24) is 10.6 Å². The fourth-order valence-electron chi connectivity index (χ4n) is 4.15. The summed E-state index contributed by atoms with van der Waals surface area (Å²) in [6.07, 6.45) is -2.12. The summed E-state index contributed by atoms with van der Waals surface area (Å²) >= 11 is 0. The van der Waals surface area contributed by atoms with Gasteiger partial charge in [-0.25, -0.2) is 9.59 Å². The highest BCUT2D eigenvalue weighted by Gasteiger charge is 2.28. The lowest BCUT2D eigenvalue weighted by atomic mass is 9.98. The topological polar surface area (TPSA) is 125 Å². The lowest BCUT2D eigenvalue weighted by molar-refractivity contribution is -0.146. The molecule has 4 N–H and O–H groups in total. The highest BCUT2D eigenvalue weighted by molar-refractivity contribution is 5.94. The minimum absolute atomic E-state index is 0.0115. The van der Waals surface area contributed by atoms with E-state index in [1.54, 1.807) is 24.3 Å². The molecule has 3 aromatic rings. The number of aliphatic hydroxyl groups is 1. The van der Waals surface area contributed by atoms with E-state index in [2.05, 4.69) is 34.9 Å². The number of ether oxygens (including phenoxy) is 1. The molecule has 3 aromatic carbocycles. The molecule has 0 fully saturated rings. The molecule has 0 saturated heterocycles. The number of benzene rings is 3. The number of carboxylic acids is 1. The number of alkyl carbamates (subject to hydrolysis) is 1. The molecular weight excluding hydrogens is 448 g/mol. The number of carbonyl (C=O) groups is 3. The zero-order valence-corrected chi connectivity index (χ0v) is 18.9. The van der Waals surface area contributed by atoms with Crippen molar-refractivity contribution in [3.63, 3.8) is 0 Å². The molecule has 8 nitrogen and oxygen atoms in total. The molecule has 0 aromatic heterocycles. The number of fused-ring (bicyclic) bond motifs is 3. The molecule has 1 unspecified atom stereocenters. The van der Waals surface area contributed by atoms with E-state index in [9.17, 15) is 19.5 Å². The lowest BCUT2D eigenvalue weighted by Gasteiger charge is -2.14. The van der Waals surface area contributed by atoms with Gasteiger partial charge in [0.15, 0.2) is 6.10 Å². The van der Waals surface area contributed by atoms with E-state index >= 15 is 0 Å². The van der Waals surface area contributed by atoms with Gasteiger partial charge < -0.3 is 25.6 Å². The number of nitrogens with one attached hydrogen (secondary N) is 2. The van der Waals surface area contributed by atoms with Gasteiger partial charge in [-0.3, -0.25) is 4.79 Å². The number of hydrogen-bond donors (Lipinski definition) is 4. The summed E-state index contributed by atoms with van der Waals surface area (Å²) in [5, 5.41) is 23.2. The lowest BCUT2D eigenvalue weighted by Crippen LogP contribution is -2.30.